The van der Waals surface area contributed by atoms with Crippen LogP contribution in [-0.4, -0.2) is 31.6 Å². The third-order valence-electron chi connectivity index (χ3n) is 7.27. The Kier molecular flexibility index (Phi) is 6.53. The smallest absolute Gasteiger partial charge is 0.366 e. The molecule has 11 heteroatoms. The Morgan fingerprint density at radius 2 is 1.82 bits per heavy atom. The fraction of sp³-hybridized carbons (Fsp3) is 0.207. The number of carbonyl (C=O) groups is 1. The van der Waals surface area contributed by atoms with Gasteiger partial charge in [-0.05, 0) is 44.0 Å². The Morgan fingerprint density at radius 3 is 2.50 bits per heavy atom. The summed E-state index contributed by atoms with van der Waals surface area (Å²) in [6.07, 6.45) is 0.226. The van der Waals surface area contributed by atoms with E-state index in [-0.39, 0.29) is 39.4 Å². The van der Waals surface area contributed by atoms with Gasteiger partial charge in [0.1, 0.15) is 10.9 Å². The second kappa shape index (κ2) is 9.74. The molecule has 0 radical (unpaired) electrons. The maximum atomic E-state index is 15.0. The van der Waals surface area contributed by atoms with Crippen LogP contribution in [0.3, 0.4) is 0 Å². The second-order valence-electron chi connectivity index (χ2n) is 9.74. The monoisotopic (exact) mass is 546 g/mol. The number of allylic oxidation sites excluding steroid dienone is 3. The molecule has 0 saturated heterocycles. The first kappa shape index (κ1) is 26.8. The van der Waals surface area contributed by atoms with E-state index in [1.165, 1.54) is 55.1 Å². The number of fused-ring (bicyclic) bond motifs is 1. The first-order valence-electron chi connectivity index (χ1n) is 12.3. The summed E-state index contributed by atoms with van der Waals surface area (Å²) in [6, 6.07) is 11.2. The van der Waals surface area contributed by atoms with Crippen molar-refractivity contribution in [3.05, 3.63) is 99.8 Å². The Hall–Kier alpha value is -4.80. The van der Waals surface area contributed by atoms with Gasteiger partial charge in [-0.2, -0.15) is 13.2 Å². The molecule has 0 aliphatic heterocycles. The van der Waals surface area contributed by atoms with E-state index in [2.05, 4.69) is 20.3 Å². The third kappa shape index (κ3) is 4.42. The Bertz CT molecular complexity index is 1770. The minimum atomic E-state index is -4.77. The Labute approximate surface area is 227 Å². The normalized spacial score (nSPS) is 17.4. The van der Waals surface area contributed by atoms with Crippen LogP contribution in [0.5, 0.6) is 0 Å². The van der Waals surface area contributed by atoms with Crippen LogP contribution in [0.4, 0.5) is 24.8 Å². The summed E-state index contributed by atoms with van der Waals surface area (Å²) < 4.78 is 46.3. The van der Waals surface area contributed by atoms with Gasteiger partial charge in [-0.15, -0.1) is 0 Å². The van der Waals surface area contributed by atoms with Gasteiger partial charge >= 0.3 is 6.18 Å². The average molecular weight is 547 g/mol. The van der Waals surface area contributed by atoms with Crippen LogP contribution in [0.2, 0.25) is 0 Å². The number of halogens is 3. The van der Waals surface area contributed by atoms with E-state index in [1.54, 1.807) is 24.4 Å². The predicted octanol–water partition coefficient (Wildman–Crippen LogP) is 5.00. The number of benzene rings is 1. The average Bonchev–Trinajstić information content (AvgIpc) is 2.92. The highest BCUT2D eigenvalue weighted by Crippen LogP contribution is 2.54. The van der Waals surface area contributed by atoms with E-state index in [0.29, 0.717) is 11.1 Å². The molecule has 3 aromatic heterocycles. The van der Waals surface area contributed by atoms with Crippen LogP contribution in [0.25, 0.3) is 22.2 Å². The van der Waals surface area contributed by atoms with E-state index in [9.17, 15) is 9.59 Å². The lowest BCUT2D eigenvalue weighted by atomic mass is 9.66. The first-order valence-corrected chi connectivity index (χ1v) is 12.3. The van der Waals surface area contributed by atoms with Gasteiger partial charge in [0.05, 0.1) is 17.6 Å². The molecular formula is C29H25F3N6O2. The molecule has 0 saturated carbocycles. The number of hydrogen-bond acceptors (Lipinski definition) is 6. The number of nitrogens with two attached hydrogens (primary N) is 1. The van der Waals surface area contributed by atoms with Gasteiger partial charge in [0.15, 0.2) is 0 Å². The summed E-state index contributed by atoms with van der Waals surface area (Å²) in [5.74, 6) is -0.746. The number of anilines is 2. The van der Waals surface area contributed by atoms with Gasteiger partial charge in [0, 0.05) is 35.5 Å². The molecule has 1 atom stereocenters. The van der Waals surface area contributed by atoms with Crippen LogP contribution < -0.4 is 16.6 Å². The molecule has 0 bridgehead atoms. The predicted molar refractivity (Wildman–Crippen MR) is 146 cm³/mol. The van der Waals surface area contributed by atoms with Crippen molar-refractivity contribution in [2.45, 2.75) is 31.9 Å². The van der Waals surface area contributed by atoms with Gasteiger partial charge in [-0.3, -0.25) is 14.6 Å². The minimum absolute atomic E-state index is 0.00730. The number of pyridine rings is 2. The van der Waals surface area contributed by atoms with Crippen LogP contribution in [0.1, 0.15) is 24.6 Å². The molecule has 0 fully saturated rings. The van der Waals surface area contributed by atoms with Crippen LogP contribution in [0.15, 0.2) is 83.0 Å². The van der Waals surface area contributed by atoms with Gasteiger partial charge in [-0.1, -0.05) is 42.0 Å². The number of carbonyl (C=O) groups excluding carboxylic acids is 1. The van der Waals surface area contributed by atoms with Crippen molar-refractivity contribution >= 4 is 28.4 Å². The number of alkyl halides is 3. The van der Waals surface area contributed by atoms with Gasteiger partial charge in [0.2, 0.25) is 11.9 Å². The zero-order valence-electron chi connectivity index (χ0n) is 21.9. The van der Waals surface area contributed by atoms with Crippen LogP contribution >= 0.6 is 0 Å². The molecule has 40 heavy (non-hydrogen) atoms. The minimum Gasteiger partial charge on any atom is -0.366 e. The quantitative estimate of drug-likeness (QED) is 0.364. The highest BCUT2D eigenvalue weighted by atomic mass is 19.4. The van der Waals surface area contributed by atoms with E-state index in [0.717, 1.165) is 5.69 Å². The lowest BCUT2D eigenvalue weighted by Gasteiger charge is -2.40. The van der Waals surface area contributed by atoms with Gasteiger partial charge in [-0.25, -0.2) is 9.97 Å². The molecule has 0 spiro atoms. The molecule has 8 nitrogen and oxygen atoms in total. The molecule has 3 heterocycles. The van der Waals surface area contributed by atoms with Crippen molar-refractivity contribution in [1.82, 2.24) is 19.5 Å². The number of primary amides is 1. The van der Waals surface area contributed by atoms with Crippen LogP contribution in [0, 0.1) is 6.92 Å². The SMILES string of the molecule is CC1=CC=C(C(N)=O)CC1(c1ccccc1-c1cc2cnc(Nc3ccc(C)nc3)nc2c(=O)n1C)C(F)(F)F. The molecule has 3 N–H and O–H groups in total. The van der Waals surface area contributed by atoms with Crippen molar-refractivity contribution in [3.8, 4) is 11.3 Å². The van der Waals surface area contributed by atoms with Crippen molar-refractivity contribution < 1.29 is 18.0 Å². The Morgan fingerprint density at radius 1 is 1.07 bits per heavy atom. The Balaban J connectivity index is 1.67. The molecule has 5 rings (SSSR count). The largest absolute Gasteiger partial charge is 0.402 e. The molecule has 1 aliphatic rings. The maximum absolute atomic E-state index is 15.0. The molecule has 4 aromatic rings. The summed E-state index contributed by atoms with van der Waals surface area (Å²) >= 11 is 0. The standard InChI is InChI=1S/C29H25F3N6O2/c1-16-8-10-18(25(33)39)13-28(16,29(30,31)32)22-7-5-4-6-21(22)23-12-19-14-35-27(37-24(19)26(40)38(23)3)36-20-11-9-17(2)34-15-20/h4-12,14-15H,13H2,1-3H3,(H2,33,39)(H,35,36,37). The summed E-state index contributed by atoms with van der Waals surface area (Å²) in [5, 5.41) is 3.36. The number of hydrogen-bond donors (Lipinski definition) is 2. The number of aryl methyl sites for hydroxylation is 1. The highest BCUT2D eigenvalue weighted by Gasteiger charge is 2.59. The number of rotatable bonds is 5. The van der Waals surface area contributed by atoms with Crippen molar-refractivity contribution in [2.75, 3.05) is 5.32 Å². The lowest BCUT2D eigenvalue weighted by Crippen LogP contribution is -2.46. The van der Waals surface area contributed by atoms with Crippen LogP contribution in [-0.2, 0) is 17.3 Å². The fourth-order valence-corrected chi connectivity index (χ4v) is 5.05. The number of aromatic nitrogens is 4. The van der Waals surface area contributed by atoms with Gasteiger partial charge < -0.3 is 15.6 Å². The maximum Gasteiger partial charge on any atom is 0.402 e. The van der Waals surface area contributed by atoms with Crippen molar-refractivity contribution in [2.24, 2.45) is 12.8 Å². The zero-order chi connectivity index (χ0) is 28.8. The zero-order valence-corrected chi connectivity index (χ0v) is 21.9. The van der Waals surface area contributed by atoms with E-state index in [1.807, 2.05) is 13.0 Å². The third-order valence-corrected chi connectivity index (χ3v) is 7.27. The molecule has 204 valence electrons. The summed E-state index contributed by atoms with van der Waals surface area (Å²) in [4.78, 5) is 38.3. The lowest BCUT2D eigenvalue weighted by molar-refractivity contribution is -0.179. The van der Waals surface area contributed by atoms with E-state index in [4.69, 9.17) is 5.73 Å². The fourth-order valence-electron chi connectivity index (χ4n) is 5.05. The van der Waals surface area contributed by atoms with Gasteiger partial charge in [0.25, 0.3) is 5.56 Å². The van der Waals surface area contributed by atoms with E-state index >= 15 is 13.2 Å². The number of nitrogens with zero attached hydrogens (tertiary/aromatic N) is 4. The highest BCUT2D eigenvalue weighted by molar-refractivity contribution is 5.93. The summed E-state index contributed by atoms with van der Waals surface area (Å²) in [7, 11) is 1.48. The number of amides is 1. The van der Waals surface area contributed by atoms with E-state index < -0.39 is 29.5 Å². The molecule has 1 unspecified atom stereocenters. The number of nitrogens with one attached hydrogen (secondary N) is 1. The topological polar surface area (TPSA) is 116 Å². The molecule has 1 amide bonds. The summed E-state index contributed by atoms with van der Waals surface area (Å²) in [6.45, 7) is 3.23. The van der Waals surface area contributed by atoms with Crippen molar-refractivity contribution in [3.63, 3.8) is 0 Å². The second-order valence-corrected chi connectivity index (χ2v) is 9.74. The molecular weight excluding hydrogens is 521 g/mol. The molecule has 1 aromatic carbocycles. The first-order chi connectivity index (χ1) is 18.9. The van der Waals surface area contributed by atoms with Crippen molar-refractivity contribution in [1.29, 1.82) is 0 Å². The summed E-state index contributed by atoms with van der Waals surface area (Å²) in [5.41, 5.74) is 4.13. The molecule has 1 aliphatic carbocycles.